The van der Waals surface area contributed by atoms with Gasteiger partial charge in [-0.1, -0.05) is 25.1 Å². The Morgan fingerprint density at radius 3 is 2.58 bits per heavy atom. The van der Waals surface area contributed by atoms with E-state index >= 15 is 0 Å². The number of amides is 1. The first-order valence-corrected chi connectivity index (χ1v) is 9.08. The van der Waals surface area contributed by atoms with Crippen LogP contribution in [-0.2, 0) is 17.7 Å². The van der Waals surface area contributed by atoms with Crippen molar-refractivity contribution in [3.05, 3.63) is 58.2 Å². The average molecular weight is 359 g/mol. The summed E-state index contributed by atoms with van der Waals surface area (Å²) in [5.41, 5.74) is 7.29. The van der Waals surface area contributed by atoms with Crippen LogP contribution in [0.3, 0.4) is 0 Å². The van der Waals surface area contributed by atoms with Gasteiger partial charge in [0.05, 0.1) is 19.8 Å². The summed E-state index contributed by atoms with van der Waals surface area (Å²) in [6.45, 7) is 8.92. The van der Waals surface area contributed by atoms with E-state index in [0.29, 0.717) is 44.1 Å². The van der Waals surface area contributed by atoms with Crippen LogP contribution in [0.1, 0.15) is 39.8 Å². The molecule has 2 aromatic rings. The van der Waals surface area contributed by atoms with Crippen LogP contribution < -0.4 is 5.43 Å². The van der Waals surface area contributed by atoms with E-state index in [9.17, 15) is 9.18 Å². The minimum atomic E-state index is -0.254. The number of nitrogens with one attached hydrogen (secondary N) is 1. The molecule has 6 heteroatoms. The molecule has 0 bridgehead atoms. The lowest BCUT2D eigenvalue weighted by Crippen LogP contribution is -2.48. The average Bonchev–Trinajstić information content (AvgIpc) is 2.87. The van der Waals surface area contributed by atoms with Crippen molar-refractivity contribution < 1.29 is 13.9 Å². The van der Waals surface area contributed by atoms with Gasteiger partial charge in [0.25, 0.3) is 5.91 Å². The van der Waals surface area contributed by atoms with Crippen molar-refractivity contribution in [3.8, 4) is 0 Å². The highest BCUT2D eigenvalue weighted by atomic mass is 19.1. The fourth-order valence-electron chi connectivity index (χ4n) is 3.63. The van der Waals surface area contributed by atoms with Crippen molar-refractivity contribution in [1.29, 1.82) is 0 Å². The first kappa shape index (κ1) is 18.6. The second-order valence-electron chi connectivity index (χ2n) is 6.61. The summed E-state index contributed by atoms with van der Waals surface area (Å²) < 4.78 is 21.4. The number of aromatic nitrogens is 1. The zero-order valence-electron chi connectivity index (χ0n) is 15.6. The third-order valence-corrected chi connectivity index (χ3v) is 5.05. The molecule has 1 aliphatic heterocycles. The second kappa shape index (κ2) is 8.01. The molecule has 0 saturated carbocycles. The van der Waals surface area contributed by atoms with Crippen LogP contribution in [0, 0.1) is 19.7 Å². The number of carbonyl (C=O) groups is 1. The Balaban J connectivity index is 1.95. The molecule has 0 aliphatic carbocycles. The van der Waals surface area contributed by atoms with Crippen LogP contribution in [0.25, 0.3) is 0 Å². The van der Waals surface area contributed by atoms with E-state index < -0.39 is 0 Å². The van der Waals surface area contributed by atoms with Gasteiger partial charge in [0.2, 0.25) is 0 Å². The standard InChI is InChI=1S/C20H26FN3O2/c1-4-17-14(2)19(20(25)22-23-9-11-26-12-10-23)24(15(17)3)13-16-7-5-6-8-18(16)21/h5-8H,4,9-13H2,1-3H3,(H,22,25). The Morgan fingerprint density at radius 1 is 1.23 bits per heavy atom. The minimum absolute atomic E-state index is 0.150. The van der Waals surface area contributed by atoms with E-state index in [1.54, 1.807) is 12.1 Å². The SMILES string of the molecule is CCc1c(C)c(C(=O)NN2CCOCC2)n(Cc2ccccc2F)c1C. The van der Waals surface area contributed by atoms with Gasteiger partial charge < -0.3 is 9.30 Å². The lowest BCUT2D eigenvalue weighted by molar-refractivity contribution is 0.0123. The quantitative estimate of drug-likeness (QED) is 0.893. The van der Waals surface area contributed by atoms with E-state index in [4.69, 9.17) is 4.74 Å². The fourth-order valence-corrected chi connectivity index (χ4v) is 3.63. The van der Waals surface area contributed by atoms with E-state index in [0.717, 1.165) is 23.2 Å². The smallest absolute Gasteiger partial charge is 0.282 e. The van der Waals surface area contributed by atoms with E-state index in [1.807, 2.05) is 29.5 Å². The third-order valence-electron chi connectivity index (χ3n) is 5.05. The van der Waals surface area contributed by atoms with Crippen LogP contribution in [0.15, 0.2) is 24.3 Å². The number of rotatable bonds is 5. The summed E-state index contributed by atoms with van der Waals surface area (Å²) in [5.74, 6) is -0.403. The van der Waals surface area contributed by atoms with Crippen molar-refractivity contribution in [3.63, 3.8) is 0 Å². The molecule has 5 nitrogen and oxygen atoms in total. The summed E-state index contributed by atoms with van der Waals surface area (Å²) in [7, 11) is 0. The molecular weight excluding hydrogens is 333 g/mol. The molecule has 3 rings (SSSR count). The second-order valence-corrected chi connectivity index (χ2v) is 6.61. The third kappa shape index (κ3) is 3.66. The molecule has 0 atom stereocenters. The summed E-state index contributed by atoms with van der Waals surface area (Å²) in [5, 5.41) is 1.88. The van der Waals surface area contributed by atoms with Crippen molar-refractivity contribution in [2.24, 2.45) is 0 Å². The van der Waals surface area contributed by atoms with Crippen LogP contribution in [0.5, 0.6) is 0 Å². The largest absolute Gasteiger partial charge is 0.379 e. The number of hydrazine groups is 1. The Labute approximate surface area is 153 Å². The summed E-state index contributed by atoms with van der Waals surface area (Å²) in [4.78, 5) is 13.0. The highest BCUT2D eigenvalue weighted by molar-refractivity contribution is 5.94. The van der Waals surface area contributed by atoms with Crippen LogP contribution in [0.4, 0.5) is 4.39 Å². The summed E-state index contributed by atoms with van der Waals surface area (Å²) in [6, 6.07) is 6.71. The normalized spacial score (nSPS) is 15.2. The van der Waals surface area contributed by atoms with E-state index in [1.165, 1.54) is 6.07 Å². The van der Waals surface area contributed by atoms with Crippen LogP contribution >= 0.6 is 0 Å². The predicted octanol–water partition coefficient (Wildman–Crippen LogP) is 2.83. The molecule has 26 heavy (non-hydrogen) atoms. The zero-order valence-corrected chi connectivity index (χ0v) is 15.6. The van der Waals surface area contributed by atoms with E-state index in [2.05, 4.69) is 12.3 Å². The number of halogens is 1. The number of benzene rings is 1. The molecule has 0 spiro atoms. The van der Waals surface area contributed by atoms with Gasteiger partial charge in [0, 0.05) is 24.3 Å². The molecule has 0 radical (unpaired) electrons. The van der Waals surface area contributed by atoms with Gasteiger partial charge in [-0.25, -0.2) is 9.40 Å². The monoisotopic (exact) mass is 359 g/mol. The van der Waals surface area contributed by atoms with Crippen molar-refractivity contribution in [2.45, 2.75) is 33.7 Å². The van der Waals surface area contributed by atoms with Crippen LogP contribution in [0.2, 0.25) is 0 Å². The molecule has 140 valence electrons. The molecule has 2 heterocycles. The van der Waals surface area contributed by atoms with Gasteiger partial charge in [-0.15, -0.1) is 0 Å². The highest BCUT2D eigenvalue weighted by Gasteiger charge is 2.24. The number of ether oxygens (including phenoxy) is 1. The van der Waals surface area contributed by atoms with Gasteiger partial charge in [-0.3, -0.25) is 10.2 Å². The molecule has 1 aromatic carbocycles. The van der Waals surface area contributed by atoms with Crippen LogP contribution in [-0.4, -0.2) is 41.8 Å². The Bertz CT molecular complexity index is 795. The lowest BCUT2D eigenvalue weighted by Gasteiger charge is -2.27. The zero-order chi connectivity index (χ0) is 18.7. The molecule has 1 aromatic heterocycles. The molecule has 1 saturated heterocycles. The fraction of sp³-hybridized carbons (Fsp3) is 0.450. The maximum atomic E-state index is 14.2. The van der Waals surface area contributed by atoms with Crippen molar-refractivity contribution in [1.82, 2.24) is 15.0 Å². The molecular formula is C20H26FN3O2. The molecule has 1 N–H and O–H groups in total. The minimum Gasteiger partial charge on any atom is -0.379 e. The Morgan fingerprint density at radius 2 is 1.92 bits per heavy atom. The highest BCUT2D eigenvalue weighted by Crippen LogP contribution is 2.25. The number of hydrogen-bond donors (Lipinski definition) is 1. The Kier molecular flexibility index (Phi) is 5.74. The maximum Gasteiger partial charge on any atom is 0.282 e. The van der Waals surface area contributed by atoms with E-state index in [-0.39, 0.29) is 11.7 Å². The number of morpholine rings is 1. The summed E-state index contributed by atoms with van der Waals surface area (Å²) in [6.07, 6.45) is 0.833. The number of carbonyl (C=O) groups excluding carboxylic acids is 1. The van der Waals surface area contributed by atoms with Crippen molar-refractivity contribution >= 4 is 5.91 Å². The molecule has 1 aliphatic rings. The van der Waals surface area contributed by atoms with Gasteiger partial charge in [-0.2, -0.15) is 0 Å². The Hall–Kier alpha value is -2.18. The van der Waals surface area contributed by atoms with Crippen molar-refractivity contribution in [2.75, 3.05) is 26.3 Å². The molecule has 0 unspecified atom stereocenters. The molecule has 1 amide bonds. The summed E-state index contributed by atoms with van der Waals surface area (Å²) >= 11 is 0. The first-order chi connectivity index (χ1) is 12.5. The lowest BCUT2D eigenvalue weighted by atomic mass is 10.1. The van der Waals surface area contributed by atoms with Gasteiger partial charge in [-0.05, 0) is 37.5 Å². The number of hydrogen-bond acceptors (Lipinski definition) is 3. The maximum absolute atomic E-state index is 14.2. The van der Waals surface area contributed by atoms with Gasteiger partial charge in [0.1, 0.15) is 11.5 Å². The first-order valence-electron chi connectivity index (χ1n) is 9.08. The molecule has 1 fully saturated rings. The predicted molar refractivity (Wildman–Crippen MR) is 98.6 cm³/mol. The topological polar surface area (TPSA) is 46.5 Å². The van der Waals surface area contributed by atoms with Gasteiger partial charge >= 0.3 is 0 Å². The van der Waals surface area contributed by atoms with Gasteiger partial charge in [0.15, 0.2) is 0 Å². The number of nitrogens with zero attached hydrogens (tertiary/aromatic N) is 2.